The largest absolute Gasteiger partial charge is 0.416 e. The molecule has 2 heterocycles. The fraction of sp³-hybridized carbons (Fsp3) is 0.444. The monoisotopic (exact) mass is 212 g/mol. The minimum absolute atomic E-state index is 0.123. The maximum atomic E-state index is 11.5. The predicted molar refractivity (Wildman–Crippen MR) is 55.1 cm³/mol. The lowest BCUT2D eigenvalue weighted by atomic mass is 10.2. The Morgan fingerprint density at radius 2 is 2.57 bits per heavy atom. The van der Waals surface area contributed by atoms with Crippen LogP contribution in [0.15, 0.2) is 23.4 Å². The van der Waals surface area contributed by atoms with Crippen molar-refractivity contribution in [3.63, 3.8) is 0 Å². The smallest absolute Gasteiger partial charge is 0.329 e. The average Bonchev–Trinajstić information content (AvgIpc) is 2.72. The molecular weight excluding hydrogens is 200 g/mol. The van der Waals surface area contributed by atoms with Crippen LogP contribution in [0.2, 0.25) is 0 Å². The first-order valence-electron chi connectivity index (χ1n) is 4.60. The van der Waals surface area contributed by atoms with Gasteiger partial charge in [-0.05, 0) is 31.5 Å². The van der Waals surface area contributed by atoms with E-state index in [0.29, 0.717) is 5.09 Å². The van der Waals surface area contributed by atoms with Crippen LogP contribution in [0.1, 0.15) is 12.8 Å². The molecule has 0 aliphatic carbocycles. The Morgan fingerprint density at radius 1 is 1.64 bits per heavy atom. The quantitative estimate of drug-likeness (QED) is 0.526. The van der Waals surface area contributed by atoms with Gasteiger partial charge in [-0.15, -0.1) is 0 Å². The van der Waals surface area contributed by atoms with Crippen molar-refractivity contribution >= 4 is 17.9 Å². The van der Waals surface area contributed by atoms with Crippen molar-refractivity contribution in [3.05, 3.63) is 23.4 Å². The molecule has 1 fully saturated rings. The van der Waals surface area contributed by atoms with Crippen molar-refractivity contribution in [1.82, 2.24) is 10.0 Å². The first-order chi connectivity index (χ1) is 6.86. The van der Waals surface area contributed by atoms with Crippen LogP contribution in [0.4, 0.5) is 0 Å². The molecule has 0 amide bonds. The lowest BCUT2D eigenvalue weighted by Crippen LogP contribution is -2.32. The van der Waals surface area contributed by atoms with Crippen LogP contribution >= 0.6 is 11.9 Å². The molecule has 0 aromatic heterocycles. The van der Waals surface area contributed by atoms with Crippen LogP contribution in [0.3, 0.4) is 0 Å². The zero-order valence-electron chi connectivity index (χ0n) is 7.66. The molecule has 0 radical (unpaired) electrons. The Morgan fingerprint density at radius 3 is 3.21 bits per heavy atom. The average molecular weight is 212 g/mol. The predicted octanol–water partition coefficient (Wildman–Crippen LogP) is 0.888. The summed E-state index contributed by atoms with van der Waals surface area (Å²) in [5, 5.41) is 3.70. The molecule has 0 saturated carbocycles. The number of hydrogen-bond acceptors (Lipinski definition) is 5. The minimum atomic E-state index is -0.182. The first-order valence-corrected chi connectivity index (χ1v) is 5.42. The molecule has 2 aliphatic rings. The van der Waals surface area contributed by atoms with E-state index in [-0.39, 0.29) is 12.0 Å². The van der Waals surface area contributed by atoms with E-state index >= 15 is 0 Å². The van der Waals surface area contributed by atoms with Gasteiger partial charge in [0.2, 0.25) is 0 Å². The zero-order chi connectivity index (χ0) is 9.80. The topological polar surface area (TPSA) is 50.4 Å². The third-order valence-corrected chi connectivity index (χ3v) is 2.78. The number of ether oxygens (including phenoxy) is 1. The Labute approximate surface area is 86.9 Å². The molecule has 2 rings (SSSR count). The molecular formula is C9H12N2O2S. The highest BCUT2D eigenvalue weighted by atomic mass is 32.2. The molecule has 0 spiro atoms. The van der Waals surface area contributed by atoms with Gasteiger partial charge < -0.3 is 14.8 Å². The maximum absolute atomic E-state index is 11.5. The molecule has 14 heavy (non-hydrogen) atoms. The summed E-state index contributed by atoms with van der Waals surface area (Å²) in [4.78, 5) is 11.5. The third kappa shape index (κ3) is 2.30. The van der Waals surface area contributed by atoms with E-state index < -0.39 is 0 Å². The molecule has 4 nitrogen and oxygen atoms in total. The highest BCUT2D eigenvalue weighted by Crippen LogP contribution is 2.18. The lowest BCUT2D eigenvalue weighted by Gasteiger charge is -2.13. The normalized spacial score (nSPS) is 25.4. The minimum Gasteiger partial charge on any atom is -0.416 e. The second-order valence-electron chi connectivity index (χ2n) is 3.13. The first kappa shape index (κ1) is 9.61. The number of carbonyl (C=O) groups is 1. The fourth-order valence-electron chi connectivity index (χ4n) is 1.40. The summed E-state index contributed by atoms with van der Waals surface area (Å²) < 4.78 is 8.09. The van der Waals surface area contributed by atoms with Crippen LogP contribution in [0, 0.1) is 0 Å². The van der Waals surface area contributed by atoms with Crippen molar-refractivity contribution in [2.45, 2.75) is 18.9 Å². The van der Waals surface area contributed by atoms with Gasteiger partial charge in [-0.2, -0.15) is 0 Å². The Hall–Kier alpha value is -0.940. The van der Waals surface area contributed by atoms with Crippen molar-refractivity contribution in [2.24, 2.45) is 0 Å². The number of nitrogens with one attached hydrogen (secondary N) is 2. The van der Waals surface area contributed by atoms with Gasteiger partial charge in [0, 0.05) is 18.1 Å². The fourth-order valence-corrected chi connectivity index (χ4v) is 1.94. The van der Waals surface area contributed by atoms with E-state index in [1.54, 1.807) is 18.4 Å². The number of esters is 1. The van der Waals surface area contributed by atoms with Crippen LogP contribution in [-0.4, -0.2) is 18.6 Å². The molecule has 1 atom stereocenters. The lowest BCUT2D eigenvalue weighted by molar-refractivity contribution is -0.140. The number of allylic oxidation sites excluding steroid dienone is 2. The second kappa shape index (κ2) is 4.52. The summed E-state index contributed by atoms with van der Waals surface area (Å²) in [6.45, 7) is 0.907. The van der Waals surface area contributed by atoms with Crippen LogP contribution in [0.5, 0.6) is 0 Å². The van der Waals surface area contributed by atoms with Gasteiger partial charge in [0.15, 0.2) is 5.09 Å². The van der Waals surface area contributed by atoms with E-state index in [2.05, 4.69) is 10.0 Å². The van der Waals surface area contributed by atoms with Crippen molar-refractivity contribution in [1.29, 1.82) is 0 Å². The Kier molecular flexibility index (Phi) is 3.10. The van der Waals surface area contributed by atoms with Gasteiger partial charge >= 0.3 is 5.97 Å². The summed E-state index contributed by atoms with van der Waals surface area (Å²) in [5.41, 5.74) is 0. The highest BCUT2D eigenvalue weighted by molar-refractivity contribution is 8.01. The van der Waals surface area contributed by atoms with E-state index in [0.717, 1.165) is 19.4 Å². The van der Waals surface area contributed by atoms with Gasteiger partial charge in [-0.1, -0.05) is 0 Å². The molecule has 2 N–H and O–H groups in total. The van der Waals surface area contributed by atoms with Gasteiger partial charge in [0.1, 0.15) is 6.04 Å². The Bertz CT molecular complexity index is 283. The van der Waals surface area contributed by atoms with E-state index in [9.17, 15) is 4.79 Å². The van der Waals surface area contributed by atoms with Gasteiger partial charge in [0.05, 0.1) is 0 Å². The van der Waals surface area contributed by atoms with Crippen molar-refractivity contribution in [3.8, 4) is 0 Å². The molecule has 0 aromatic carbocycles. The second-order valence-corrected chi connectivity index (χ2v) is 3.98. The summed E-state index contributed by atoms with van der Waals surface area (Å²) in [6.07, 6.45) is 7.29. The van der Waals surface area contributed by atoms with Crippen molar-refractivity contribution < 1.29 is 9.53 Å². The summed E-state index contributed by atoms with van der Waals surface area (Å²) in [6, 6.07) is -0.123. The molecule has 2 aliphatic heterocycles. The number of hydrogen-bond donors (Lipinski definition) is 2. The molecule has 0 aromatic rings. The van der Waals surface area contributed by atoms with Gasteiger partial charge in [0.25, 0.3) is 0 Å². The SMILES string of the molecule is O=C(OC1=CC=CNS1)[C@@H]1CCCN1. The molecule has 0 bridgehead atoms. The van der Waals surface area contributed by atoms with Crippen LogP contribution in [-0.2, 0) is 9.53 Å². The summed E-state index contributed by atoms with van der Waals surface area (Å²) in [5.74, 6) is -0.182. The molecule has 76 valence electrons. The Balaban J connectivity index is 1.87. The van der Waals surface area contributed by atoms with Gasteiger partial charge in [-0.25, -0.2) is 4.79 Å². The summed E-state index contributed by atoms with van der Waals surface area (Å²) in [7, 11) is 0. The van der Waals surface area contributed by atoms with E-state index in [1.807, 2.05) is 0 Å². The van der Waals surface area contributed by atoms with E-state index in [4.69, 9.17) is 4.74 Å². The zero-order valence-corrected chi connectivity index (χ0v) is 8.47. The molecule has 5 heteroatoms. The van der Waals surface area contributed by atoms with Crippen molar-refractivity contribution in [2.75, 3.05) is 6.54 Å². The van der Waals surface area contributed by atoms with Crippen LogP contribution < -0.4 is 10.0 Å². The molecule has 1 saturated heterocycles. The number of rotatable bonds is 2. The standard InChI is InChI=1S/C9H12N2O2S/c12-9(7-3-1-5-10-7)13-8-4-2-6-11-14-8/h2,4,6-7,10-11H,1,3,5H2/t7-/m0/s1. The molecule has 0 unspecified atom stereocenters. The van der Waals surface area contributed by atoms with E-state index in [1.165, 1.54) is 11.9 Å². The van der Waals surface area contributed by atoms with Gasteiger partial charge in [-0.3, -0.25) is 0 Å². The highest BCUT2D eigenvalue weighted by Gasteiger charge is 2.24. The number of carbonyl (C=O) groups excluding carboxylic acids is 1. The third-order valence-electron chi connectivity index (χ3n) is 2.10. The van der Waals surface area contributed by atoms with Crippen LogP contribution in [0.25, 0.3) is 0 Å². The summed E-state index contributed by atoms with van der Waals surface area (Å²) >= 11 is 1.30. The maximum Gasteiger partial charge on any atom is 0.329 e.